The van der Waals surface area contributed by atoms with Gasteiger partial charge in [-0.1, -0.05) is 22.0 Å². The lowest BCUT2D eigenvalue weighted by molar-refractivity contribution is -0.138. The van der Waals surface area contributed by atoms with E-state index in [0.717, 1.165) is 0 Å². The Kier molecular flexibility index (Phi) is 7.30. The fraction of sp³-hybridized carbons (Fsp3) is 0.438. The molecule has 0 aliphatic carbocycles. The van der Waals surface area contributed by atoms with E-state index in [1.165, 1.54) is 17.0 Å². The summed E-state index contributed by atoms with van der Waals surface area (Å²) in [7, 11) is -3.67. The van der Waals surface area contributed by atoms with E-state index in [1.54, 1.807) is 12.1 Å². The maximum Gasteiger partial charge on any atom is 0.240 e. The lowest BCUT2D eigenvalue weighted by Gasteiger charge is -2.13. The minimum Gasteiger partial charge on any atom is -0.356 e. The third-order valence-electron chi connectivity index (χ3n) is 3.79. The first-order valence-corrected chi connectivity index (χ1v) is 10.4. The Morgan fingerprint density at radius 3 is 2.50 bits per heavy atom. The number of imide groups is 1. The SMILES string of the molecule is O=C(CCNS(=O)(=O)c1cccc(Br)c1)NCCCN1C(=O)CCC1=O. The van der Waals surface area contributed by atoms with E-state index in [0.29, 0.717) is 17.4 Å². The number of carbonyl (C=O) groups is 3. The molecule has 1 aliphatic heterocycles. The molecule has 0 radical (unpaired) electrons. The number of carbonyl (C=O) groups excluding carboxylic acids is 3. The minimum atomic E-state index is -3.67. The van der Waals surface area contributed by atoms with Gasteiger partial charge in [0.1, 0.15) is 0 Å². The van der Waals surface area contributed by atoms with E-state index in [4.69, 9.17) is 0 Å². The summed E-state index contributed by atoms with van der Waals surface area (Å²) < 4.78 is 27.2. The molecule has 10 heteroatoms. The smallest absolute Gasteiger partial charge is 0.240 e. The summed E-state index contributed by atoms with van der Waals surface area (Å²) >= 11 is 3.21. The van der Waals surface area contributed by atoms with E-state index in [-0.39, 0.29) is 55.0 Å². The summed E-state index contributed by atoms with van der Waals surface area (Å²) in [6.07, 6.45) is 0.967. The molecule has 1 saturated heterocycles. The maximum atomic E-state index is 12.1. The van der Waals surface area contributed by atoms with Crippen LogP contribution in [0.4, 0.5) is 0 Å². The molecule has 1 fully saturated rings. The van der Waals surface area contributed by atoms with Crippen molar-refractivity contribution >= 4 is 43.7 Å². The largest absolute Gasteiger partial charge is 0.356 e. The van der Waals surface area contributed by atoms with Gasteiger partial charge in [0.25, 0.3) is 0 Å². The van der Waals surface area contributed by atoms with Gasteiger partial charge in [-0.05, 0) is 24.6 Å². The standard InChI is InChI=1S/C16H20BrN3O5S/c17-12-3-1-4-13(11-12)26(24,25)19-9-7-14(21)18-8-2-10-20-15(22)5-6-16(20)23/h1,3-4,11,19H,2,5-10H2,(H,18,21). The summed E-state index contributed by atoms with van der Waals surface area (Å²) in [5, 5.41) is 2.64. The van der Waals surface area contributed by atoms with Crippen LogP contribution in [0.3, 0.4) is 0 Å². The summed E-state index contributed by atoms with van der Waals surface area (Å²) in [5.41, 5.74) is 0. The predicted octanol–water partition coefficient (Wildman–Crippen LogP) is 0.773. The van der Waals surface area contributed by atoms with E-state index in [2.05, 4.69) is 26.0 Å². The fourth-order valence-corrected chi connectivity index (χ4v) is 4.07. The third kappa shape index (κ3) is 5.89. The van der Waals surface area contributed by atoms with Crippen LogP contribution in [0.2, 0.25) is 0 Å². The summed E-state index contributed by atoms with van der Waals surface area (Å²) in [5.74, 6) is -0.660. The molecule has 26 heavy (non-hydrogen) atoms. The molecule has 3 amide bonds. The zero-order valence-electron chi connectivity index (χ0n) is 14.0. The zero-order valence-corrected chi connectivity index (χ0v) is 16.4. The van der Waals surface area contributed by atoms with E-state index in [9.17, 15) is 22.8 Å². The highest BCUT2D eigenvalue weighted by molar-refractivity contribution is 9.10. The van der Waals surface area contributed by atoms with Crippen molar-refractivity contribution in [1.82, 2.24) is 14.9 Å². The van der Waals surface area contributed by atoms with E-state index < -0.39 is 10.0 Å². The first kappa shape index (κ1) is 20.5. The third-order valence-corrected chi connectivity index (χ3v) is 5.74. The molecule has 0 atom stereocenters. The van der Waals surface area contributed by atoms with Crippen molar-refractivity contribution in [2.24, 2.45) is 0 Å². The molecule has 0 aromatic heterocycles. The van der Waals surface area contributed by atoms with Crippen molar-refractivity contribution in [1.29, 1.82) is 0 Å². The number of rotatable bonds is 9. The van der Waals surface area contributed by atoms with Crippen LogP contribution in [0.15, 0.2) is 33.6 Å². The molecule has 1 aromatic carbocycles. The number of sulfonamides is 1. The van der Waals surface area contributed by atoms with Crippen LogP contribution < -0.4 is 10.0 Å². The van der Waals surface area contributed by atoms with Gasteiger partial charge in [-0.2, -0.15) is 0 Å². The van der Waals surface area contributed by atoms with Gasteiger partial charge in [0.05, 0.1) is 4.90 Å². The van der Waals surface area contributed by atoms with Gasteiger partial charge in [-0.25, -0.2) is 13.1 Å². The van der Waals surface area contributed by atoms with Crippen molar-refractivity contribution in [2.75, 3.05) is 19.6 Å². The Balaban J connectivity index is 1.66. The highest BCUT2D eigenvalue weighted by atomic mass is 79.9. The number of nitrogens with zero attached hydrogens (tertiary/aromatic N) is 1. The molecular weight excluding hydrogens is 426 g/mol. The van der Waals surface area contributed by atoms with Crippen LogP contribution in [0.25, 0.3) is 0 Å². The van der Waals surface area contributed by atoms with Crippen LogP contribution in [0, 0.1) is 0 Å². The minimum absolute atomic E-state index is 0.00515. The predicted molar refractivity (Wildman–Crippen MR) is 97.5 cm³/mol. The molecule has 0 saturated carbocycles. The number of benzene rings is 1. The Morgan fingerprint density at radius 1 is 1.15 bits per heavy atom. The Hall–Kier alpha value is -1.78. The van der Waals surface area contributed by atoms with E-state index in [1.807, 2.05) is 0 Å². The number of amides is 3. The molecule has 1 heterocycles. The topological polar surface area (TPSA) is 113 Å². The van der Waals surface area contributed by atoms with Crippen molar-refractivity contribution in [3.05, 3.63) is 28.7 Å². The van der Waals surface area contributed by atoms with Gasteiger partial charge in [-0.15, -0.1) is 0 Å². The van der Waals surface area contributed by atoms with Crippen LogP contribution >= 0.6 is 15.9 Å². The summed E-state index contributed by atoms with van der Waals surface area (Å²) in [4.78, 5) is 35.9. The van der Waals surface area contributed by atoms with Gasteiger partial charge in [-0.3, -0.25) is 19.3 Å². The van der Waals surface area contributed by atoms with Crippen LogP contribution in [-0.4, -0.2) is 50.7 Å². The van der Waals surface area contributed by atoms with Crippen molar-refractivity contribution < 1.29 is 22.8 Å². The highest BCUT2D eigenvalue weighted by Crippen LogP contribution is 2.15. The number of likely N-dealkylation sites (tertiary alicyclic amines) is 1. The van der Waals surface area contributed by atoms with Gasteiger partial charge < -0.3 is 5.32 Å². The number of halogens is 1. The summed E-state index contributed by atoms with van der Waals surface area (Å²) in [6, 6.07) is 6.27. The molecule has 1 aliphatic rings. The second-order valence-electron chi connectivity index (χ2n) is 5.75. The monoisotopic (exact) mass is 445 g/mol. The highest BCUT2D eigenvalue weighted by Gasteiger charge is 2.27. The molecule has 1 aromatic rings. The molecule has 2 N–H and O–H groups in total. The lowest BCUT2D eigenvalue weighted by Crippen LogP contribution is -2.34. The van der Waals surface area contributed by atoms with Crippen molar-refractivity contribution in [3.8, 4) is 0 Å². The molecule has 0 spiro atoms. The zero-order chi connectivity index (χ0) is 19.2. The Labute approximate surface area is 160 Å². The maximum absolute atomic E-state index is 12.1. The number of hydrogen-bond acceptors (Lipinski definition) is 5. The molecular formula is C16H20BrN3O5S. The number of nitrogens with one attached hydrogen (secondary N) is 2. The van der Waals surface area contributed by atoms with Crippen LogP contribution in [0.1, 0.15) is 25.7 Å². The Bertz CT molecular complexity index is 781. The Morgan fingerprint density at radius 2 is 1.85 bits per heavy atom. The molecule has 0 bridgehead atoms. The van der Waals surface area contributed by atoms with E-state index >= 15 is 0 Å². The second kappa shape index (κ2) is 9.24. The molecule has 8 nitrogen and oxygen atoms in total. The average molecular weight is 446 g/mol. The van der Waals surface area contributed by atoms with Gasteiger partial charge in [0.15, 0.2) is 0 Å². The second-order valence-corrected chi connectivity index (χ2v) is 8.43. The summed E-state index contributed by atoms with van der Waals surface area (Å²) in [6.45, 7) is 0.575. The van der Waals surface area contributed by atoms with Crippen LogP contribution in [0.5, 0.6) is 0 Å². The first-order chi connectivity index (χ1) is 12.3. The quantitative estimate of drug-likeness (QED) is 0.430. The molecule has 0 unspecified atom stereocenters. The van der Waals surface area contributed by atoms with Gasteiger partial charge in [0, 0.05) is 43.4 Å². The van der Waals surface area contributed by atoms with Gasteiger partial charge >= 0.3 is 0 Å². The van der Waals surface area contributed by atoms with Crippen molar-refractivity contribution in [2.45, 2.75) is 30.6 Å². The van der Waals surface area contributed by atoms with Crippen molar-refractivity contribution in [3.63, 3.8) is 0 Å². The molecule has 142 valence electrons. The first-order valence-electron chi connectivity index (χ1n) is 8.15. The molecule has 2 rings (SSSR count). The van der Waals surface area contributed by atoms with Crippen LogP contribution in [-0.2, 0) is 24.4 Å². The number of hydrogen-bond donors (Lipinski definition) is 2. The van der Waals surface area contributed by atoms with Gasteiger partial charge in [0.2, 0.25) is 27.7 Å². The lowest BCUT2D eigenvalue weighted by atomic mass is 10.3. The fourth-order valence-electron chi connectivity index (χ4n) is 2.44. The normalized spacial score (nSPS) is 14.7. The average Bonchev–Trinajstić information content (AvgIpc) is 2.90.